The molecule has 0 saturated heterocycles. The number of H-pyrrole nitrogens is 2. The molecular weight excluding hydrogens is 393 g/mol. The Bertz CT molecular complexity index is 1180. The third-order valence-corrected chi connectivity index (χ3v) is 5.36. The van der Waals surface area contributed by atoms with Crippen molar-refractivity contribution >= 4 is 23.3 Å². The number of phenols is 1. The van der Waals surface area contributed by atoms with Crippen molar-refractivity contribution in [1.82, 2.24) is 25.5 Å². The van der Waals surface area contributed by atoms with Gasteiger partial charge in [-0.1, -0.05) is 13.0 Å². The Hall–Kier alpha value is -2.90. The lowest BCUT2D eigenvalue weighted by molar-refractivity contribution is 0.432. The van der Waals surface area contributed by atoms with E-state index >= 15 is 0 Å². The summed E-state index contributed by atoms with van der Waals surface area (Å²) < 4.78 is 13.9. The van der Waals surface area contributed by atoms with E-state index in [-0.39, 0.29) is 18.2 Å². The molecule has 2 aromatic heterocycles. The minimum atomic E-state index is -0.618. The van der Waals surface area contributed by atoms with Crippen LogP contribution in [-0.2, 0) is 19.4 Å². The first-order chi connectivity index (χ1) is 13.6. The van der Waals surface area contributed by atoms with Gasteiger partial charge in [-0.3, -0.25) is 5.10 Å². The third kappa shape index (κ3) is 3.26. The number of fused-ring (bicyclic) bond motifs is 2. The van der Waals surface area contributed by atoms with Crippen LogP contribution in [0.1, 0.15) is 23.9 Å². The van der Waals surface area contributed by atoms with Crippen molar-refractivity contribution in [1.29, 1.82) is 0 Å². The average Bonchev–Trinajstić information content (AvgIpc) is 3.32. The number of benzene rings is 2. The van der Waals surface area contributed by atoms with Crippen molar-refractivity contribution in [3.8, 4) is 28.4 Å². The molecule has 0 saturated carbocycles. The van der Waals surface area contributed by atoms with E-state index in [1.165, 1.54) is 12.1 Å². The Kier molecular flexibility index (Phi) is 5.02. The number of phenolic OH excluding ortho intramolecular Hbond substituents is 1. The normalized spacial score (nSPS) is 13.3. The van der Waals surface area contributed by atoms with E-state index in [1.54, 1.807) is 0 Å². The van der Waals surface area contributed by atoms with Gasteiger partial charge in [-0.25, -0.2) is 9.37 Å². The van der Waals surface area contributed by atoms with Crippen molar-refractivity contribution in [3.05, 3.63) is 53.1 Å². The standard InChI is InChI=1S/C21H20FN5O.ClH/c1-2-11-8-19(28)15(22)9-14(11)12-3-4-13-17(7-12)26-27-20(13)21-24-16-5-6-23-10-18(16)25-21;/h3-4,7-9,23,28H,2,5-6,10H2,1H3,(H,24,25)(H,26,27);1H. The molecule has 0 fully saturated rings. The summed E-state index contributed by atoms with van der Waals surface area (Å²) in [4.78, 5) is 8.09. The van der Waals surface area contributed by atoms with Crippen LogP contribution in [0.2, 0.25) is 0 Å². The van der Waals surface area contributed by atoms with Crippen LogP contribution in [0.3, 0.4) is 0 Å². The Balaban J connectivity index is 0.00000205. The zero-order valence-electron chi connectivity index (χ0n) is 15.8. The molecule has 5 rings (SSSR count). The highest BCUT2D eigenvalue weighted by molar-refractivity contribution is 5.94. The Labute approximate surface area is 173 Å². The van der Waals surface area contributed by atoms with Gasteiger partial charge >= 0.3 is 0 Å². The molecule has 0 aliphatic carbocycles. The number of imidazole rings is 1. The monoisotopic (exact) mass is 413 g/mol. The van der Waals surface area contributed by atoms with Crippen LogP contribution in [0.4, 0.5) is 4.39 Å². The molecule has 4 N–H and O–H groups in total. The second-order valence-electron chi connectivity index (χ2n) is 7.08. The smallest absolute Gasteiger partial charge is 0.165 e. The van der Waals surface area contributed by atoms with Gasteiger partial charge in [0, 0.05) is 24.9 Å². The maximum absolute atomic E-state index is 13.9. The molecule has 0 amide bonds. The predicted octanol–water partition coefficient (Wildman–Crippen LogP) is 4.09. The van der Waals surface area contributed by atoms with Crippen molar-refractivity contribution < 1.29 is 9.50 Å². The van der Waals surface area contributed by atoms with E-state index < -0.39 is 5.82 Å². The predicted molar refractivity (Wildman–Crippen MR) is 113 cm³/mol. The van der Waals surface area contributed by atoms with Crippen LogP contribution < -0.4 is 5.32 Å². The lowest BCUT2D eigenvalue weighted by Crippen LogP contribution is -2.23. The minimum Gasteiger partial charge on any atom is -0.505 e. The summed E-state index contributed by atoms with van der Waals surface area (Å²) in [5.41, 5.74) is 6.38. The molecule has 1 aliphatic rings. The van der Waals surface area contributed by atoms with Gasteiger partial charge in [-0.05, 0) is 47.4 Å². The number of rotatable bonds is 3. The first-order valence-corrected chi connectivity index (χ1v) is 9.42. The van der Waals surface area contributed by atoms with E-state index in [0.29, 0.717) is 6.42 Å². The Morgan fingerprint density at radius 1 is 1.21 bits per heavy atom. The number of nitrogens with zero attached hydrogens (tertiary/aromatic N) is 2. The molecule has 6 nitrogen and oxygen atoms in total. The lowest BCUT2D eigenvalue weighted by Gasteiger charge is -2.10. The summed E-state index contributed by atoms with van der Waals surface area (Å²) >= 11 is 0. The van der Waals surface area contributed by atoms with E-state index in [2.05, 4.69) is 20.5 Å². The molecule has 1 aliphatic heterocycles. The molecular formula is C21H21ClFN5O. The van der Waals surface area contributed by atoms with Crippen LogP contribution in [0, 0.1) is 5.82 Å². The molecule has 3 heterocycles. The molecule has 8 heteroatoms. The summed E-state index contributed by atoms with van der Waals surface area (Å²) in [6, 6.07) is 8.78. The van der Waals surface area contributed by atoms with Crippen molar-refractivity contribution in [2.75, 3.05) is 6.54 Å². The maximum atomic E-state index is 13.9. The lowest BCUT2D eigenvalue weighted by atomic mass is 9.96. The Morgan fingerprint density at radius 2 is 2.07 bits per heavy atom. The second-order valence-corrected chi connectivity index (χ2v) is 7.08. The quantitative estimate of drug-likeness (QED) is 0.407. The number of nitrogens with one attached hydrogen (secondary N) is 3. The van der Waals surface area contributed by atoms with Gasteiger partial charge in [-0.15, -0.1) is 12.4 Å². The van der Waals surface area contributed by atoms with Crippen LogP contribution in [0.5, 0.6) is 5.75 Å². The molecule has 0 atom stereocenters. The van der Waals surface area contributed by atoms with Crippen molar-refractivity contribution in [2.45, 2.75) is 26.3 Å². The summed E-state index contributed by atoms with van der Waals surface area (Å²) in [6.07, 6.45) is 1.60. The molecule has 150 valence electrons. The molecule has 0 radical (unpaired) electrons. The van der Waals surface area contributed by atoms with E-state index in [9.17, 15) is 9.50 Å². The van der Waals surface area contributed by atoms with Crippen LogP contribution in [0.25, 0.3) is 33.5 Å². The first-order valence-electron chi connectivity index (χ1n) is 9.42. The first kappa shape index (κ1) is 19.4. The molecule has 0 bridgehead atoms. The van der Waals surface area contributed by atoms with Crippen molar-refractivity contribution in [3.63, 3.8) is 0 Å². The fourth-order valence-electron chi connectivity index (χ4n) is 3.86. The van der Waals surface area contributed by atoms with Crippen molar-refractivity contribution in [2.24, 2.45) is 0 Å². The number of aromatic amines is 2. The number of halogens is 2. The van der Waals surface area contributed by atoms with Gasteiger partial charge in [0.05, 0.1) is 16.9 Å². The number of hydrogen-bond acceptors (Lipinski definition) is 4. The van der Waals surface area contributed by atoms with Crippen LogP contribution >= 0.6 is 12.4 Å². The van der Waals surface area contributed by atoms with Crippen LogP contribution in [0.15, 0.2) is 30.3 Å². The van der Waals surface area contributed by atoms with Gasteiger partial charge in [0.1, 0.15) is 5.69 Å². The SMILES string of the molecule is CCc1cc(O)c(F)cc1-c1ccc2c(-c3nc4c([nH]3)CNCC4)n[nH]c2c1.Cl. The molecule has 2 aromatic carbocycles. The molecule has 4 aromatic rings. The number of aromatic nitrogens is 4. The average molecular weight is 414 g/mol. The minimum absolute atomic E-state index is 0. The summed E-state index contributed by atoms with van der Waals surface area (Å²) in [5.74, 6) is -0.174. The highest BCUT2D eigenvalue weighted by atomic mass is 35.5. The zero-order chi connectivity index (χ0) is 19.3. The fraction of sp³-hybridized carbons (Fsp3) is 0.238. The highest BCUT2D eigenvalue weighted by Gasteiger charge is 2.18. The van der Waals surface area contributed by atoms with Gasteiger partial charge in [0.2, 0.25) is 0 Å². The highest BCUT2D eigenvalue weighted by Crippen LogP contribution is 2.33. The summed E-state index contributed by atoms with van der Waals surface area (Å²) in [7, 11) is 0. The largest absolute Gasteiger partial charge is 0.505 e. The van der Waals surface area contributed by atoms with E-state index in [0.717, 1.165) is 70.0 Å². The summed E-state index contributed by atoms with van der Waals surface area (Å²) in [5, 5.41) is 21.5. The number of hydrogen-bond donors (Lipinski definition) is 4. The van der Waals surface area contributed by atoms with Gasteiger partial charge < -0.3 is 15.4 Å². The zero-order valence-corrected chi connectivity index (χ0v) is 16.7. The van der Waals surface area contributed by atoms with E-state index in [4.69, 9.17) is 4.98 Å². The molecule has 29 heavy (non-hydrogen) atoms. The van der Waals surface area contributed by atoms with Gasteiger partial charge in [-0.2, -0.15) is 5.10 Å². The Morgan fingerprint density at radius 3 is 2.86 bits per heavy atom. The van der Waals surface area contributed by atoms with Gasteiger partial charge in [0.15, 0.2) is 17.4 Å². The molecule has 0 unspecified atom stereocenters. The second kappa shape index (κ2) is 7.50. The summed E-state index contributed by atoms with van der Waals surface area (Å²) in [6.45, 7) is 3.71. The number of aromatic hydroxyl groups is 1. The topological polar surface area (TPSA) is 89.6 Å². The third-order valence-electron chi connectivity index (χ3n) is 5.36. The molecule has 0 spiro atoms. The van der Waals surface area contributed by atoms with Crippen LogP contribution in [-0.4, -0.2) is 31.8 Å². The van der Waals surface area contributed by atoms with E-state index in [1.807, 2.05) is 25.1 Å². The van der Waals surface area contributed by atoms with Gasteiger partial charge in [0.25, 0.3) is 0 Å². The maximum Gasteiger partial charge on any atom is 0.165 e. The fourth-order valence-corrected chi connectivity index (χ4v) is 3.86. The number of aryl methyl sites for hydroxylation is 1.